The zero-order valence-corrected chi connectivity index (χ0v) is 14.1. The maximum atomic E-state index is 13.8. The molecular weight excluding hydrogens is 325 g/mol. The zero-order valence-electron chi connectivity index (χ0n) is 13.3. The monoisotopic (exact) mass is 341 g/mol. The van der Waals surface area contributed by atoms with Gasteiger partial charge in [-0.25, -0.2) is 9.37 Å². The number of halogens is 1. The normalized spacial score (nSPS) is 10.5. The van der Waals surface area contributed by atoms with Crippen LogP contribution in [-0.2, 0) is 0 Å². The number of amides is 1. The molecule has 122 valence electrons. The lowest BCUT2D eigenvalue weighted by Gasteiger charge is -2.12. The van der Waals surface area contributed by atoms with Gasteiger partial charge in [0, 0.05) is 36.3 Å². The predicted molar refractivity (Wildman–Crippen MR) is 96.2 cm³/mol. The van der Waals surface area contributed by atoms with Crippen LogP contribution >= 0.6 is 11.3 Å². The van der Waals surface area contributed by atoms with Crippen molar-refractivity contribution in [3.63, 3.8) is 0 Å². The summed E-state index contributed by atoms with van der Waals surface area (Å²) in [5.41, 5.74) is 2.49. The van der Waals surface area contributed by atoms with Crippen LogP contribution in [0.3, 0.4) is 0 Å². The van der Waals surface area contributed by atoms with E-state index in [2.05, 4.69) is 10.3 Å². The lowest BCUT2D eigenvalue weighted by Crippen LogP contribution is -2.13. The van der Waals surface area contributed by atoms with Crippen molar-refractivity contribution in [2.45, 2.75) is 0 Å². The van der Waals surface area contributed by atoms with Crippen molar-refractivity contribution in [1.29, 1.82) is 0 Å². The molecule has 2 aromatic carbocycles. The average molecular weight is 341 g/mol. The number of aromatic nitrogens is 1. The maximum absolute atomic E-state index is 13.8. The smallest absolute Gasteiger partial charge is 0.257 e. The number of nitrogens with zero attached hydrogens (tertiary/aromatic N) is 2. The first-order chi connectivity index (χ1) is 11.5. The van der Waals surface area contributed by atoms with Crippen LogP contribution in [0.25, 0.3) is 11.3 Å². The van der Waals surface area contributed by atoms with Gasteiger partial charge in [0.25, 0.3) is 5.91 Å². The van der Waals surface area contributed by atoms with Gasteiger partial charge in [-0.05, 0) is 36.4 Å². The zero-order chi connectivity index (χ0) is 17.1. The third-order valence-corrected chi connectivity index (χ3v) is 4.28. The Morgan fingerprint density at radius 3 is 2.50 bits per heavy atom. The summed E-state index contributed by atoms with van der Waals surface area (Å²) in [6, 6.07) is 13.7. The first kappa shape index (κ1) is 16.1. The van der Waals surface area contributed by atoms with E-state index in [0.717, 1.165) is 5.69 Å². The Morgan fingerprint density at radius 1 is 1.12 bits per heavy atom. The van der Waals surface area contributed by atoms with E-state index in [1.807, 2.05) is 31.1 Å². The second-order valence-corrected chi connectivity index (χ2v) is 6.27. The van der Waals surface area contributed by atoms with Crippen molar-refractivity contribution in [3.05, 3.63) is 65.3 Å². The Morgan fingerprint density at radius 2 is 1.83 bits per heavy atom. The largest absolute Gasteiger partial charge is 0.378 e. The standard InChI is InChI=1S/C18H16FN3OS/c1-22(2)13-9-7-12(8-10-13)17(23)21-18-20-16(11-24-18)14-5-3-4-6-15(14)19/h3-11H,1-2H3,(H,20,21,23). The SMILES string of the molecule is CN(C)c1ccc(C(=O)Nc2nc(-c3ccccc3F)cs2)cc1. The number of anilines is 2. The number of carbonyl (C=O) groups is 1. The maximum Gasteiger partial charge on any atom is 0.257 e. The van der Waals surface area contributed by atoms with E-state index in [1.165, 1.54) is 17.4 Å². The first-order valence-electron chi connectivity index (χ1n) is 7.34. The number of rotatable bonds is 4. The lowest BCUT2D eigenvalue weighted by molar-refractivity contribution is 0.102. The lowest BCUT2D eigenvalue weighted by atomic mass is 10.2. The molecule has 0 aliphatic rings. The van der Waals surface area contributed by atoms with Gasteiger partial charge < -0.3 is 4.90 Å². The predicted octanol–water partition coefficient (Wildman–Crippen LogP) is 4.27. The van der Waals surface area contributed by atoms with Gasteiger partial charge in [-0.15, -0.1) is 11.3 Å². The fourth-order valence-electron chi connectivity index (χ4n) is 2.20. The van der Waals surface area contributed by atoms with E-state index < -0.39 is 0 Å². The number of hydrogen-bond acceptors (Lipinski definition) is 4. The van der Waals surface area contributed by atoms with Crippen LogP contribution in [0.1, 0.15) is 10.4 Å². The third kappa shape index (κ3) is 3.44. The van der Waals surface area contributed by atoms with Gasteiger partial charge in [-0.1, -0.05) is 12.1 Å². The van der Waals surface area contributed by atoms with E-state index in [9.17, 15) is 9.18 Å². The molecule has 24 heavy (non-hydrogen) atoms. The molecule has 1 N–H and O–H groups in total. The molecule has 0 spiro atoms. The minimum atomic E-state index is -0.333. The van der Waals surface area contributed by atoms with Crippen LogP contribution < -0.4 is 10.2 Å². The molecule has 0 saturated heterocycles. The van der Waals surface area contributed by atoms with Crippen LogP contribution in [0.4, 0.5) is 15.2 Å². The summed E-state index contributed by atoms with van der Waals surface area (Å²) in [5, 5.41) is 4.91. The minimum Gasteiger partial charge on any atom is -0.378 e. The van der Waals surface area contributed by atoms with Crippen molar-refractivity contribution in [2.24, 2.45) is 0 Å². The summed E-state index contributed by atoms with van der Waals surface area (Å²) in [6.45, 7) is 0. The summed E-state index contributed by atoms with van der Waals surface area (Å²) in [6.07, 6.45) is 0. The summed E-state index contributed by atoms with van der Waals surface area (Å²) in [4.78, 5) is 18.5. The summed E-state index contributed by atoms with van der Waals surface area (Å²) >= 11 is 1.27. The van der Waals surface area contributed by atoms with Gasteiger partial charge in [-0.2, -0.15) is 0 Å². The quantitative estimate of drug-likeness (QED) is 0.771. The molecule has 4 nitrogen and oxygen atoms in total. The molecule has 1 amide bonds. The number of benzene rings is 2. The van der Waals surface area contributed by atoms with Gasteiger partial charge in [-0.3, -0.25) is 10.1 Å². The van der Waals surface area contributed by atoms with E-state index in [0.29, 0.717) is 22.0 Å². The Bertz CT molecular complexity index is 859. The van der Waals surface area contributed by atoms with Crippen molar-refractivity contribution in [2.75, 3.05) is 24.3 Å². The van der Waals surface area contributed by atoms with Crippen LogP contribution in [0.15, 0.2) is 53.9 Å². The van der Waals surface area contributed by atoms with Gasteiger partial charge in [0.15, 0.2) is 5.13 Å². The van der Waals surface area contributed by atoms with Gasteiger partial charge in [0.2, 0.25) is 0 Å². The number of nitrogens with one attached hydrogen (secondary N) is 1. The molecule has 1 heterocycles. The van der Waals surface area contributed by atoms with Crippen molar-refractivity contribution >= 4 is 28.1 Å². The molecule has 0 aliphatic heterocycles. The number of hydrogen-bond donors (Lipinski definition) is 1. The summed E-state index contributed by atoms with van der Waals surface area (Å²) < 4.78 is 13.8. The topological polar surface area (TPSA) is 45.2 Å². The Hall–Kier alpha value is -2.73. The third-order valence-electron chi connectivity index (χ3n) is 3.52. The highest BCUT2D eigenvalue weighted by Crippen LogP contribution is 2.27. The van der Waals surface area contributed by atoms with E-state index in [1.54, 1.807) is 35.7 Å². The van der Waals surface area contributed by atoms with E-state index >= 15 is 0 Å². The second kappa shape index (κ2) is 6.80. The van der Waals surface area contributed by atoms with E-state index in [-0.39, 0.29) is 11.7 Å². The van der Waals surface area contributed by atoms with Crippen LogP contribution in [0.2, 0.25) is 0 Å². The molecule has 6 heteroatoms. The van der Waals surface area contributed by atoms with Crippen LogP contribution in [-0.4, -0.2) is 25.0 Å². The first-order valence-corrected chi connectivity index (χ1v) is 8.22. The molecule has 0 aliphatic carbocycles. The summed E-state index contributed by atoms with van der Waals surface area (Å²) in [7, 11) is 3.88. The van der Waals surface area contributed by atoms with E-state index in [4.69, 9.17) is 0 Å². The van der Waals surface area contributed by atoms with Gasteiger partial charge in [0.1, 0.15) is 5.82 Å². The van der Waals surface area contributed by atoms with Gasteiger partial charge >= 0.3 is 0 Å². The highest BCUT2D eigenvalue weighted by atomic mass is 32.1. The highest BCUT2D eigenvalue weighted by molar-refractivity contribution is 7.14. The highest BCUT2D eigenvalue weighted by Gasteiger charge is 2.12. The average Bonchev–Trinajstić information content (AvgIpc) is 3.03. The second-order valence-electron chi connectivity index (χ2n) is 5.41. The molecule has 3 aromatic rings. The van der Waals surface area contributed by atoms with Crippen LogP contribution in [0.5, 0.6) is 0 Å². The summed E-state index contributed by atoms with van der Waals surface area (Å²) in [5.74, 6) is -0.574. The number of thiazole rings is 1. The molecule has 3 rings (SSSR count). The molecule has 0 radical (unpaired) electrons. The van der Waals surface area contributed by atoms with Gasteiger partial charge in [0.05, 0.1) is 5.69 Å². The van der Waals surface area contributed by atoms with Crippen LogP contribution in [0, 0.1) is 5.82 Å². The fraction of sp³-hybridized carbons (Fsp3) is 0.111. The van der Waals surface area contributed by atoms with Crippen molar-refractivity contribution in [1.82, 2.24) is 4.98 Å². The molecular formula is C18H16FN3OS. The van der Waals surface area contributed by atoms with Crippen molar-refractivity contribution in [3.8, 4) is 11.3 Å². The number of carbonyl (C=O) groups excluding carboxylic acids is 1. The molecule has 0 bridgehead atoms. The molecule has 0 atom stereocenters. The Labute approximate surface area is 143 Å². The Balaban J connectivity index is 1.75. The molecule has 0 saturated carbocycles. The molecule has 0 fully saturated rings. The van der Waals surface area contributed by atoms with Crippen molar-refractivity contribution < 1.29 is 9.18 Å². The molecule has 0 unspecified atom stereocenters. The fourth-order valence-corrected chi connectivity index (χ4v) is 2.91. The molecule has 1 aromatic heterocycles. The minimum absolute atomic E-state index is 0.241. The Kier molecular flexibility index (Phi) is 4.57.